The Balaban J connectivity index is 1.11. The molecule has 0 atom stereocenters. The van der Waals surface area contributed by atoms with Gasteiger partial charge in [-0.05, 0) is 61.7 Å². The molecule has 1 aliphatic carbocycles. The number of ether oxygens (including phenoxy) is 1. The number of carbonyl (C=O) groups excluding carboxylic acids is 2. The quantitative estimate of drug-likeness (QED) is 0.164. The van der Waals surface area contributed by atoms with Crippen LogP contribution < -0.4 is 15.4 Å². The Morgan fingerprint density at radius 2 is 1.71 bits per heavy atom. The first-order valence-electron chi connectivity index (χ1n) is 16.0. The highest BCUT2D eigenvalue weighted by atomic mass is 16.5. The van der Waals surface area contributed by atoms with E-state index >= 15 is 0 Å². The van der Waals surface area contributed by atoms with Crippen molar-refractivity contribution < 1.29 is 14.3 Å². The van der Waals surface area contributed by atoms with E-state index in [1.165, 1.54) is 0 Å². The number of hydrogen-bond donors (Lipinski definition) is 2. The molecular formula is C40H34N6O3. The predicted molar refractivity (Wildman–Crippen MR) is 191 cm³/mol. The third kappa shape index (κ3) is 6.62. The molecule has 0 fully saturated rings. The number of ketones is 1. The lowest BCUT2D eigenvalue weighted by Gasteiger charge is -2.14. The maximum atomic E-state index is 13.5. The molecule has 9 heteroatoms. The minimum Gasteiger partial charge on any atom is -0.438 e. The van der Waals surface area contributed by atoms with Gasteiger partial charge < -0.3 is 10.1 Å². The minimum atomic E-state index is -0.636. The van der Waals surface area contributed by atoms with Crippen molar-refractivity contribution in [3.05, 3.63) is 131 Å². The Labute approximate surface area is 284 Å². The topological polar surface area (TPSA) is 111 Å². The lowest BCUT2D eigenvalue weighted by Crippen LogP contribution is -2.21. The molecule has 2 heterocycles. The molecule has 2 amide bonds. The molecule has 6 aromatic rings. The van der Waals surface area contributed by atoms with Crippen LogP contribution in [0, 0.1) is 19.3 Å². The molecule has 0 aliphatic heterocycles. The lowest BCUT2D eigenvalue weighted by molar-refractivity contribution is -0.117. The summed E-state index contributed by atoms with van der Waals surface area (Å²) in [6, 6.07) is 28.3. The van der Waals surface area contributed by atoms with Gasteiger partial charge >= 0.3 is 6.03 Å². The molecule has 0 saturated carbocycles. The number of urea groups is 1. The zero-order valence-electron chi connectivity index (χ0n) is 27.4. The smallest absolute Gasteiger partial charge is 0.324 e. The number of fused-ring (bicyclic) bond motifs is 2. The number of Topliss-reactive ketones (excluding diaryl/α,β-unsaturated/α-hetero) is 1. The van der Waals surface area contributed by atoms with Gasteiger partial charge in [0.2, 0.25) is 5.88 Å². The fourth-order valence-corrected chi connectivity index (χ4v) is 5.90. The van der Waals surface area contributed by atoms with Crippen LogP contribution in [0.15, 0.2) is 97.2 Å². The molecule has 0 bridgehead atoms. The number of amides is 2. The largest absolute Gasteiger partial charge is 0.438 e. The van der Waals surface area contributed by atoms with Crippen LogP contribution in [-0.4, -0.2) is 31.6 Å². The van der Waals surface area contributed by atoms with Crippen molar-refractivity contribution in [2.75, 3.05) is 10.6 Å². The summed E-state index contributed by atoms with van der Waals surface area (Å²) in [7, 11) is 0. The number of nitrogens with zero attached hydrogens (tertiary/aromatic N) is 4. The number of aromatic nitrogens is 4. The maximum Gasteiger partial charge on any atom is 0.324 e. The molecule has 7 rings (SSSR count). The summed E-state index contributed by atoms with van der Waals surface area (Å²) in [4.78, 5) is 34.4. The summed E-state index contributed by atoms with van der Waals surface area (Å²) in [6.07, 6.45) is 8.99. The summed E-state index contributed by atoms with van der Waals surface area (Å²) in [5.74, 6) is 5.11. The summed E-state index contributed by atoms with van der Waals surface area (Å²) in [6.45, 7) is 5.84. The standard InChI is InChI=1S/C40H34N6O3/c1-5-40(3,4)35-24-37(46(45-35)29-14-10-25(2)11-15-29)44-39(48)42-33-16-17-34(32-9-7-6-8-31(32)33)49-38-18-19-41-36(43-38)21-26-12-13-27-22-30(47)23-28(27)20-26/h1,6-20,24H,21-23H2,2-4H3,(H2,42,44,48). The Morgan fingerprint density at radius 1 is 0.939 bits per heavy atom. The van der Waals surface area contributed by atoms with E-state index in [0.29, 0.717) is 53.9 Å². The van der Waals surface area contributed by atoms with Gasteiger partial charge in [-0.1, -0.05) is 66.1 Å². The molecule has 0 unspecified atom stereocenters. The first kappa shape index (κ1) is 31.3. The number of aryl methyl sites for hydroxylation is 1. The van der Waals surface area contributed by atoms with Crippen LogP contribution in [0.25, 0.3) is 16.5 Å². The van der Waals surface area contributed by atoms with E-state index in [1.807, 2.05) is 81.4 Å². The summed E-state index contributed by atoms with van der Waals surface area (Å²) in [5.41, 5.74) is 5.76. The van der Waals surface area contributed by atoms with E-state index in [9.17, 15) is 9.59 Å². The van der Waals surface area contributed by atoms with Crippen LogP contribution in [0.5, 0.6) is 11.6 Å². The molecule has 9 nitrogen and oxygen atoms in total. The third-order valence-corrected chi connectivity index (χ3v) is 8.67. The Morgan fingerprint density at radius 3 is 2.51 bits per heavy atom. The number of nitrogens with one attached hydrogen (secondary N) is 2. The van der Waals surface area contributed by atoms with Gasteiger partial charge in [-0.25, -0.2) is 14.5 Å². The molecule has 0 spiro atoms. The summed E-state index contributed by atoms with van der Waals surface area (Å²) >= 11 is 0. The Hall–Kier alpha value is -6.27. The molecule has 0 saturated heterocycles. The average Bonchev–Trinajstić information content (AvgIpc) is 3.69. The van der Waals surface area contributed by atoms with E-state index in [0.717, 1.165) is 38.7 Å². The van der Waals surface area contributed by atoms with Gasteiger partial charge in [0.05, 0.1) is 22.5 Å². The highest BCUT2D eigenvalue weighted by molar-refractivity contribution is 6.07. The van der Waals surface area contributed by atoms with Crippen molar-refractivity contribution in [3.8, 4) is 29.7 Å². The van der Waals surface area contributed by atoms with E-state index in [1.54, 1.807) is 35.1 Å². The Bertz CT molecular complexity index is 2280. The molecule has 242 valence electrons. The van der Waals surface area contributed by atoms with E-state index in [4.69, 9.17) is 16.3 Å². The van der Waals surface area contributed by atoms with Gasteiger partial charge in [-0.15, -0.1) is 6.42 Å². The van der Waals surface area contributed by atoms with E-state index < -0.39 is 11.4 Å². The zero-order chi connectivity index (χ0) is 34.1. The zero-order valence-corrected chi connectivity index (χ0v) is 27.4. The SMILES string of the molecule is C#CC(C)(C)c1cc(NC(=O)Nc2ccc(Oc3ccnc(Cc4ccc5c(c4)CC(=O)C5)n3)c3ccccc23)n(-c2ccc(C)cc2)n1. The second kappa shape index (κ2) is 12.7. The monoisotopic (exact) mass is 646 g/mol. The fraction of sp³-hybridized carbons (Fsp3) is 0.175. The van der Waals surface area contributed by atoms with Crippen molar-refractivity contribution in [2.24, 2.45) is 0 Å². The van der Waals surface area contributed by atoms with Crippen LogP contribution in [0.3, 0.4) is 0 Å². The van der Waals surface area contributed by atoms with E-state index in [-0.39, 0.29) is 5.78 Å². The first-order chi connectivity index (χ1) is 23.6. The van der Waals surface area contributed by atoms with Gasteiger partial charge in [-0.2, -0.15) is 10.1 Å². The van der Waals surface area contributed by atoms with Crippen molar-refractivity contribution in [1.29, 1.82) is 0 Å². The van der Waals surface area contributed by atoms with Gasteiger partial charge in [0.25, 0.3) is 0 Å². The van der Waals surface area contributed by atoms with Crippen molar-refractivity contribution >= 4 is 34.1 Å². The number of anilines is 2. The summed E-state index contributed by atoms with van der Waals surface area (Å²) in [5, 5.41) is 12.3. The molecular weight excluding hydrogens is 612 g/mol. The second-order valence-corrected chi connectivity index (χ2v) is 12.8. The molecule has 49 heavy (non-hydrogen) atoms. The molecule has 1 aliphatic rings. The third-order valence-electron chi connectivity index (χ3n) is 8.67. The predicted octanol–water partition coefficient (Wildman–Crippen LogP) is 7.73. The van der Waals surface area contributed by atoms with Crippen LogP contribution in [-0.2, 0) is 29.5 Å². The molecule has 4 aromatic carbocycles. The number of carbonyl (C=O) groups is 2. The highest BCUT2D eigenvalue weighted by Gasteiger charge is 2.24. The van der Waals surface area contributed by atoms with Gasteiger partial charge in [0, 0.05) is 48.4 Å². The first-order valence-corrected chi connectivity index (χ1v) is 16.0. The fourth-order valence-electron chi connectivity index (χ4n) is 5.90. The normalized spacial score (nSPS) is 12.4. The number of terminal acetylenes is 1. The van der Waals surface area contributed by atoms with Crippen LogP contribution in [0.4, 0.5) is 16.3 Å². The van der Waals surface area contributed by atoms with Gasteiger partial charge in [0.1, 0.15) is 23.2 Å². The van der Waals surface area contributed by atoms with Gasteiger partial charge in [0.15, 0.2) is 0 Å². The molecule has 0 radical (unpaired) electrons. The minimum absolute atomic E-state index is 0.247. The van der Waals surface area contributed by atoms with Gasteiger partial charge in [-0.3, -0.25) is 10.1 Å². The average molecular weight is 647 g/mol. The highest BCUT2D eigenvalue weighted by Crippen LogP contribution is 2.34. The van der Waals surface area contributed by atoms with E-state index in [2.05, 4.69) is 32.6 Å². The van der Waals surface area contributed by atoms with Crippen molar-refractivity contribution in [2.45, 2.75) is 45.4 Å². The number of hydrogen-bond acceptors (Lipinski definition) is 6. The number of benzene rings is 4. The van der Waals surface area contributed by atoms with Crippen molar-refractivity contribution in [3.63, 3.8) is 0 Å². The second-order valence-electron chi connectivity index (χ2n) is 12.8. The van der Waals surface area contributed by atoms with Crippen LogP contribution in [0.1, 0.15) is 47.6 Å². The Kier molecular flexibility index (Phi) is 8.14. The number of rotatable bonds is 8. The maximum absolute atomic E-state index is 13.5. The van der Waals surface area contributed by atoms with Crippen molar-refractivity contribution in [1.82, 2.24) is 19.7 Å². The molecule has 2 N–H and O–H groups in total. The lowest BCUT2D eigenvalue weighted by atomic mass is 9.91. The molecule has 2 aromatic heterocycles. The van der Waals surface area contributed by atoms with Crippen LogP contribution >= 0.6 is 0 Å². The van der Waals surface area contributed by atoms with Crippen LogP contribution in [0.2, 0.25) is 0 Å². The summed E-state index contributed by atoms with van der Waals surface area (Å²) < 4.78 is 7.96.